The zero-order valence-corrected chi connectivity index (χ0v) is 29.5. The molecule has 50 heavy (non-hydrogen) atoms. The molecular weight excluding hydrogens is 703 g/mol. The molecule has 0 amide bonds. The standard InChI is InChI=1S/C29H26ClFN4O3S.C7H8O3S/c1-39(36)12-11-32-16-23-7-10-27(38-23)20-5-8-26-24(14-20)29(34-18-33-26)35-22-6-9-28(25(30)15-22)37-17-19-3-2-4-21(31)13-19;1-6-2-4-7(5-3-6)11(8,9)10/h2-10,13-15,18,32H,11-12,16-17H2,1H3,(H,33,34,35);2-5H,1H3,(H,8,9,10). The number of fused-ring (bicyclic) bond motifs is 1. The van der Waals surface area contributed by atoms with E-state index >= 15 is 0 Å². The van der Waals surface area contributed by atoms with E-state index in [0.29, 0.717) is 41.0 Å². The molecule has 0 radical (unpaired) electrons. The summed E-state index contributed by atoms with van der Waals surface area (Å²) in [4.78, 5) is 8.77. The van der Waals surface area contributed by atoms with Crippen LogP contribution in [0.4, 0.5) is 15.9 Å². The van der Waals surface area contributed by atoms with Gasteiger partial charge in [-0.2, -0.15) is 8.42 Å². The molecule has 0 aliphatic heterocycles. The van der Waals surface area contributed by atoms with E-state index in [2.05, 4.69) is 20.6 Å². The first kappa shape index (κ1) is 36.6. The molecule has 0 aliphatic rings. The normalized spacial score (nSPS) is 11.9. The summed E-state index contributed by atoms with van der Waals surface area (Å²) in [6, 6.07) is 27.3. The maximum absolute atomic E-state index is 13.4. The fourth-order valence-electron chi connectivity index (χ4n) is 4.70. The fraction of sp³-hybridized carbons (Fsp3) is 0.167. The van der Waals surface area contributed by atoms with Gasteiger partial charge in [-0.25, -0.2) is 14.4 Å². The van der Waals surface area contributed by atoms with Gasteiger partial charge in [0.1, 0.15) is 41.8 Å². The Labute approximate surface area is 296 Å². The second-order valence-corrected chi connectivity index (χ2v) is 14.5. The first-order valence-electron chi connectivity index (χ1n) is 15.3. The molecule has 260 valence electrons. The third kappa shape index (κ3) is 10.4. The Bertz CT molecular complexity index is 2220. The summed E-state index contributed by atoms with van der Waals surface area (Å²) in [5.41, 5.74) is 4.06. The molecular formula is C36H34ClFN4O6S2. The highest BCUT2D eigenvalue weighted by molar-refractivity contribution is 7.85. The molecule has 0 fully saturated rings. The SMILES string of the molecule is CS(=O)CCNCc1ccc(-c2ccc3ncnc(Nc4ccc(OCc5cccc(F)c5)c(Cl)c4)c3c2)o1.Cc1ccc(S(=O)(=O)O)cc1. The Balaban J connectivity index is 0.000000377. The zero-order valence-electron chi connectivity index (χ0n) is 27.1. The van der Waals surface area contributed by atoms with Crippen molar-refractivity contribution in [2.24, 2.45) is 0 Å². The third-order valence-electron chi connectivity index (χ3n) is 7.24. The maximum Gasteiger partial charge on any atom is 0.294 e. The highest BCUT2D eigenvalue weighted by Gasteiger charge is 2.12. The van der Waals surface area contributed by atoms with Crippen molar-refractivity contribution >= 4 is 54.9 Å². The molecule has 1 unspecified atom stereocenters. The summed E-state index contributed by atoms with van der Waals surface area (Å²) < 4.78 is 66.0. The van der Waals surface area contributed by atoms with E-state index in [4.69, 9.17) is 25.3 Å². The van der Waals surface area contributed by atoms with E-state index in [1.807, 2.05) is 43.3 Å². The topological polar surface area (TPSA) is 144 Å². The Morgan fingerprint density at radius 3 is 2.50 bits per heavy atom. The van der Waals surface area contributed by atoms with Crippen LogP contribution in [0, 0.1) is 12.7 Å². The summed E-state index contributed by atoms with van der Waals surface area (Å²) in [7, 11) is -4.85. The van der Waals surface area contributed by atoms with Gasteiger partial charge < -0.3 is 19.8 Å². The first-order chi connectivity index (χ1) is 23.9. The van der Waals surface area contributed by atoms with E-state index in [-0.39, 0.29) is 17.3 Å². The molecule has 1 atom stereocenters. The molecule has 6 rings (SSSR count). The van der Waals surface area contributed by atoms with Crippen LogP contribution in [-0.2, 0) is 34.1 Å². The van der Waals surface area contributed by atoms with Crippen molar-refractivity contribution in [1.82, 2.24) is 15.3 Å². The van der Waals surface area contributed by atoms with Gasteiger partial charge in [0.2, 0.25) is 0 Å². The van der Waals surface area contributed by atoms with E-state index in [1.165, 1.54) is 30.6 Å². The second kappa shape index (κ2) is 16.8. The van der Waals surface area contributed by atoms with Gasteiger partial charge in [-0.3, -0.25) is 8.76 Å². The average molecular weight is 737 g/mol. The van der Waals surface area contributed by atoms with Crippen molar-refractivity contribution < 1.29 is 30.7 Å². The molecule has 6 aromatic rings. The van der Waals surface area contributed by atoms with Gasteiger partial charge in [-0.05, 0) is 85.3 Å². The Morgan fingerprint density at radius 2 is 1.78 bits per heavy atom. The molecule has 2 aromatic heterocycles. The van der Waals surface area contributed by atoms with E-state index in [9.17, 15) is 17.0 Å². The minimum Gasteiger partial charge on any atom is -0.487 e. The highest BCUT2D eigenvalue weighted by Crippen LogP contribution is 2.33. The summed E-state index contributed by atoms with van der Waals surface area (Å²) >= 11 is 6.48. The smallest absolute Gasteiger partial charge is 0.294 e. The largest absolute Gasteiger partial charge is 0.487 e. The van der Waals surface area contributed by atoms with Crippen LogP contribution in [0.5, 0.6) is 5.75 Å². The molecule has 4 aromatic carbocycles. The average Bonchev–Trinajstić information content (AvgIpc) is 3.55. The van der Waals surface area contributed by atoms with Crippen molar-refractivity contribution in [2.45, 2.75) is 25.0 Å². The van der Waals surface area contributed by atoms with Gasteiger partial charge >= 0.3 is 0 Å². The zero-order chi connectivity index (χ0) is 35.7. The van der Waals surface area contributed by atoms with Gasteiger partial charge in [-0.15, -0.1) is 0 Å². The van der Waals surface area contributed by atoms with Crippen LogP contribution in [-0.4, -0.2) is 45.7 Å². The number of halogens is 2. The Kier molecular flexibility index (Phi) is 12.3. The molecule has 14 heteroatoms. The van der Waals surface area contributed by atoms with Gasteiger partial charge in [0.05, 0.1) is 22.0 Å². The van der Waals surface area contributed by atoms with Crippen LogP contribution in [0.15, 0.2) is 113 Å². The molecule has 0 bridgehead atoms. The number of hydrogen-bond donors (Lipinski definition) is 3. The Hall–Kier alpha value is -4.66. The lowest BCUT2D eigenvalue weighted by molar-refractivity contribution is 0.306. The lowest BCUT2D eigenvalue weighted by Crippen LogP contribution is -2.19. The number of aryl methyl sites for hydroxylation is 1. The van der Waals surface area contributed by atoms with Crippen LogP contribution in [0.3, 0.4) is 0 Å². The lowest BCUT2D eigenvalue weighted by atomic mass is 10.1. The quantitative estimate of drug-likeness (QED) is 0.0844. The van der Waals surface area contributed by atoms with Crippen LogP contribution < -0.4 is 15.4 Å². The number of ether oxygens (including phenoxy) is 1. The number of hydrogen-bond acceptors (Lipinski definition) is 9. The third-order valence-corrected chi connectivity index (χ3v) is 9.19. The van der Waals surface area contributed by atoms with E-state index in [1.54, 1.807) is 42.7 Å². The van der Waals surface area contributed by atoms with Crippen LogP contribution >= 0.6 is 11.6 Å². The van der Waals surface area contributed by atoms with Crippen molar-refractivity contribution in [3.63, 3.8) is 0 Å². The predicted octanol–water partition coefficient (Wildman–Crippen LogP) is 7.71. The Morgan fingerprint density at radius 1 is 0.980 bits per heavy atom. The molecule has 0 saturated carbocycles. The number of nitrogens with one attached hydrogen (secondary N) is 2. The molecule has 0 saturated heterocycles. The van der Waals surface area contributed by atoms with E-state index < -0.39 is 20.9 Å². The molecule has 3 N–H and O–H groups in total. The van der Waals surface area contributed by atoms with Crippen molar-refractivity contribution in [3.8, 4) is 17.1 Å². The lowest BCUT2D eigenvalue weighted by Gasteiger charge is -2.12. The van der Waals surface area contributed by atoms with E-state index in [0.717, 1.165) is 39.2 Å². The molecule has 2 heterocycles. The molecule has 10 nitrogen and oxygen atoms in total. The number of furan rings is 1. The summed E-state index contributed by atoms with van der Waals surface area (Å²) in [6.07, 6.45) is 3.19. The number of aromatic nitrogens is 2. The minimum absolute atomic E-state index is 0.0666. The predicted molar refractivity (Wildman–Crippen MR) is 194 cm³/mol. The van der Waals surface area contributed by atoms with Gasteiger partial charge in [-0.1, -0.05) is 41.4 Å². The van der Waals surface area contributed by atoms with Crippen LogP contribution in [0.1, 0.15) is 16.9 Å². The molecule has 0 spiro atoms. The first-order valence-corrected chi connectivity index (χ1v) is 18.8. The second-order valence-electron chi connectivity index (χ2n) is 11.2. The van der Waals surface area contributed by atoms with Gasteiger partial charge in [0, 0.05) is 46.0 Å². The maximum atomic E-state index is 13.4. The van der Waals surface area contributed by atoms with Crippen molar-refractivity contribution in [1.29, 1.82) is 0 Å². The summed E-state index contributed by atoms with van der Waals surface area (Å²) in [5.74, 6) is 2.92. The monoisotopic (exact) mass is 736 g/mol. The highest BCUT2D eigenvalue weighted by atomic mass is 35.5. The number of nitrogens with zero attached hydrogens (tertiary/aromatic N) is 2. The van der Waals surface area contributed by atoms with Gasteiger partial charge in [0.15, 0.2) is 0 Å². The number of benzene rings is 4. The number of rotatable bonds is 12. The van der Waals surface area contributed by atoms with Gasteiger partial charge in [0.25, 0.3) is 10.1 Å². The minimum atomic E-state index is -4.02. The molecule has 0 aliphatic carbocycles. The summed E-state index contributed by atoms with van der Waals surface area (Å²) in [6.45, 7) is 3.26. The fourth-order valence-corrected chi connectivity index (χ4v) is 5.84. The van der Waals surface area contributed by atoms with Crippen LogP contribution in [0.2, 0.25) is 5.02 Å². The van der Waals surface area contributed by atoms with Crippen molar-refractivity contribution in [2.75, 3.05) is 23.9 Å². The number of anilines is 2. The summed E-state index contributed by atoms with van der Waals surface area (Å²) in [5, 5.41) is 7.79. The van der Waals surface area contributed by atoms with Crippen LogP contribution in [0.25, 0.3) is 22.2 Å². The van der Waals surface area contributed by atoms with Crippen molar-refractivity contribution in [3.05, 3.63) is 131 Å².